The quantitative estimate of drug-likeness (QED) is 0.385. The van der Waals surface area contributed by atoms with Gasteiger partial charge >= 0.3 is 12.1 Å². The first-order chi connectivity index (χ1) is 10.5. The van der Waals surface area contributed by atoms with Gasteiger partial charge in [-0.2, -0.15) is 4.99 Å². The first kappa shape index (κ1) is 17.8. The van der Waals surface area contributed by atoms with Gasteiger partial charge < -0.3 is 16.4 Å². The van der Waals surface area contributed by atoms with Gasteiger partial charge in [-0.3, -0.25) is 5.32 Å². The van der Waals surface area contributed by atoms with E-state index >= 15 is 0 Å². The van der Waals surface area contributed by atoms with E-state index in [2.05, 4.69) is 20.9 Å². The van der Waals surface area contributed by atoms with E-state index in [0.717, 1.165) is 5.56 Å². The fourth-order valence-electron chi connectivity index (χ4n) is 1.45. The highest BCUT2D eigenvalue weighted by atomic mass is 32.2. The smallest absolute Gasteiger partial charge is 0.343 e. The zero-order valence-electron chi connectivity index (χ0n) is 12.7. The van der Waals surface area contributed by atoms with Gasteiger partial charge in [0.2, 0.25) is 0 Å². The molecular weight excluding hydrogens is 302 g/mol. The highest BCUT2D eigenvalue weighted by Gasteiger charge is 2.09. The molecule has 0 aliphatic carbocycles. The van der Waals surface area contributed by atoms with Gasteiger partial charge in [0.1, 0.15) is 0 Å². The van der Waals surface area contributed by atoms with Crippen molar-refractivity contribution in [2.45, 2.75) is 19.6 Å². The maximum atomic E-state index is 11.6. The number of carbonyl (C=O) groups excluding carboxylic acids is 2. The van der Waals surface area contributed by atoms with Crippen molar-refractivity contribution in [2.75, 3.05) is 18.8 Å². The van der Waals surface area contributed by atoms with Crippen molar-refractivity contribution in [1.82, 2.24) is 16.0 Å². The predicted octanol–water partition coefficient (Wildman–Crippen LogP) is 1.91. The number of rotatable bonds is 4. The summed E-state index contributed by atoms with van der Waals surface area (Å²) in [6, 6.07) is 6.49. The lowest BCUT2D eigenvalue weighted by Gasteiger charge is -2.09. The summed E-state index contributed by atoms with van der Waals surface area (Å²) in [6.07, 6.45) is 0. The number of thioether (sulfide) groups is 1. The lowest BCUT2D eigenvalue weighted by Crippen LogP contribution is -2.39. The molecule has 0 radical (unpaired) electrons. The summed E-state index contributed by atoms with van der Waals surface area (Å²) in [5.41, 5.74) is 7.33. The highest BCUT2D eigenvalue weighted by Crippen LogP contribution is 2.14. The summed E-state index contributed by atoms with van der Waals surface area (Å²) in [6.45, 7) is 4.57. The minimum Gasteiger partial charge on any atom is -0.399 e. The molecular formula is C14H21N5O2S. The third-order valence-electron chi connectivity index (χ3n) is 2.44. The molecule has 1 aromatic carbocycles. The minimum atomic E-state index is -0.487. The lowest BCUT2D eigenvalue weighted by atomic mass is 10.2. The van der Waals surface area contributed by atoms with E-state index < -0.39 is 12.1 Å². The normalized spacial score (nSPS) is 10.9. The van der Waals surface area contributed by atoms with Gasteiger partial charge in [0.25, 0.3) is 0 Å². The Morgan fingerprint density at radius 2 is 1.77 bits per heavy atom. The summed E-state index contributed by atoms with van der Waals surface area (Å²) >= 11 is 1.27. The average Bonchev–Trinajstić information content (AvgIpc) is 2.47. The molecule has 7 nitrogen and oxygen atoms in total. The molecule has 0 saturated heterocycles. The molecule has 0 bridgehead atoms. The Labute approximate surface area is 134 Å². The SMILES string of the molecule is CCNC(=O)/N=C(/NC(=O)NCC)SCc1ccc(N)cc1. The number of nitrogens with two attached hydrogens (primary N) is 1. The summed E-state index contributed by atoms with van der Waals surface area (Å²) in [7, 11) is 0. The number of hydrogen-bond acceptors (Lipinski definition) is 4. The Morgan fingerprint density at radius 3 is 2.36 bits per heavy atom. The molecule has 8 heteroatoms. The first-order valence-electron chi connectivity index (χ1n) is 6.93. The minimum absolute atomic E-state index is 0.244. The number of hydrogen-bond donors (Lipinski definition) is 4. The fourth-order valence-corrected chi connectivity index (χ4v) is 2.25. The van der Waals surface area contributed by atoms with E-state index in [0.29, 0.717) is 24.5 Å². The molecule has 0 aliphatic heterocycles. The number of nitrogens with one attached hydrogen (secondary N) is 3. The van der Waals surface area contributed by atoms with Gasteiger partial charge in [0.05, 0.1) is 0 Å². The number of carbonyl (C=O) groups is 2. The van der Waals surface area contributed by atoms with E-state index in [1.165, 1.54) is 11.8 Å². The van der Waals surface area contributed by atoms with Crippen molar-refractivity contribution in [3.63, 3.8) is 0 Å². The molecule has 0 aromatic heterocycles. The molecule has 0 unspecified atom stereocenters. The second-order valence-corrected chi connectivity index (χ2v) is 5.23. The van der Waals surface area contributed by atoms with Crippen molar-refractivity contribution >= 4 is 34.7 Å². The number of nitrogens with zero attached hydrogens (tertiary/aromatic N) is 1. The topological polar surface area (TPSA) is 109 Å². The van der Waals surface area contributed by atoms with Crippen LogP contribution in [0.4, 0.5) is 15.3 Å². The molecule has 0 atom stereocenters. The second-order valence-electron chi connectivity index (χ2n) is 4.27. The molecule has 22 heavy (non-hydrogen) atoms. The molecule has 1 rings (SSSR count). The molecule has 120 valence electrons. The maximum absolute atomic E-state index is 11.6. The Hall–Kier alpha value is -2.22. The number of benzene rings is 1. The molecule has 0 fully saturated rings. The molecule has 0 spiro atoms. The van der Waals surface area contributed by atoms with Crippen molar-refractivity contribution in [3.05, 3.63) is 29.8 Å². The zero-order valence-corrected chi connectivity index (χ0v) is 13.5. The van der Waals surface area contributed by atoms with Crippen molar-refractivity contribution < 1.29 is 9.59 Å². The number of aliphatic imine (C=N–C) groups is 1. The predicted molar refractivity (Wildman–Crippen MR) is 90.9 cm³/mol. The van der Waals surface area contributed by atoms with Crippen LogP contribution in [0.25, 0.3) is 0 Å². The van der Waals surface area contributed by atoms with Gasteiger partial charge in [-0.05, 0) is 31.5 Å². The fraction of sp³-hybridized carbons (Fsp3) is 0.357. The van der Waals surface area contributed by atoms with Crippen LogP contribution in [0.2, 0.25) is 0 Å². The van der Waals surface area contributed by atoms with Crippen LogP contribution in [-0.2, 0) is 5.75 Å². The molecule has 1 aromatic rings. The standard InChI is InChI=1S/C14H21N5O2S/c1-3-16-12(20)18-14(19-13(21)17-4-2)22-9-10-5-7-11(15)8-6-10/h5-8H,3-4,9,15H2,1-2H3,(H3,16,17,18,19,20,21). The summed E-state index contributed by atoms with van der Waals surface area (Å²) in [5.74, 6) is 0.560. The number of urea groups is 2. The third kappa shape index (κ3) is 6.98. The van der Waals surface area contributed by atoms with Gasteiger partial charge in [-0.25, -0.2) is 9.59 Å². The maximum Gasteiger partial charge on any atom is 0.343 e. The molecule has 0 saturated carbocycles. The second kappa shape index (κ2) is 9.67. The van der Waals surface area contributed by atoms with Crippen LogP contribution >= 0.6 is 11.8 Å². The molecule has 0 aliphatic rings. The van der Waals surface area contributed by atoms with E-state index in [1.807, 2.05) is 19.1 Å². The van der Waals surface area contributed by atoms with Crippen LogP contribution in [0.1, 0.15) is 19.4 Å². The molecule has 5 N–H and O–H groups in total. The van der Waals surface area contributed by atoms with E-state index in [-0.39, 0.29) is 5.17 Å². The number of amides is 4. The molecule has 4 amide bonds. The first-order valence-corrected chi connectivity index (χ1v) is 7.92. The third-order valence-corrected chi connectivity index (χ3v) is 3.39. The van der Waals surface area contributed by atoms with Gasteiger partial charge in [0.15, 0.2) is 5.17 Å². The van der Waals surface area contributed by atoms with Crippen molar-refractivity contribution in [1.29, 1.82) is 0 Å². The Bertz CT molecular complexity index is 531. The van der Waals surface area contributed by atoms with Crippen LogP contribution in [0.15, 0.2) is 29.3 Å². The Kier molecular flexibility index (Phi) is 7.84. The molecule has 0 heterocycles. The monoisotopic (exact) mass is 323 g/mol. The number of amidine groups is 1. The number of anilines is 1. The lowest BCUT2D eigenvalue weighted by molar-refractivity contribution is 0.246. The van der Waals surface area contributed by atoms with E-state index in [4.69, 9.17) is 5.73 Å². The summed E-state index contributed by atoms with van der Waals surface area (Å²) < 4.78 is 0. The average molecular weight is 323 g/mol. The van der Waals surface area contributed by atoms with Gasteiger partial charge in [0, 0.05) is 24.5 Å². The Morgan fingerprint density at radius 1 is 1.14 bits per heavy atom. The van der Waals surface area contributed by atoms with Crippen LogP contribution in [0.3, 0.4) is 0 Å². The van der Waals surface area contributed by atoms with Gasteiger partial charge in [-0.15, -0.1) is 0 Å². The Balaban J connectivity index is 2.69. The van der Waals surface area contributed by atoms with Crippen LogP contribution in [0.5, 0.6) is 0 Å². The van der Waals surface area contributed by atoms with Gasteiger partial charge in [-0.1, -0.05) is 23.9 Å². The van der Waals surface area contributed by atoms with E-state index in [1.54, 1.807) is 19.1 Å². The summed E-state index contributed by atoms with van der Waals surface area (Å²) in [5, 5.41) is 7.96. The van der Waals surface area contributed by atoms with E-state index in [9.17, 15) is 9.59 Å². The largest absolute Gasteiger partial charge is 0.399 e. The highest BCUT2D eigenvalue weighted by molar-refractivity contribution is 8.13. The van der Waals surface area contributed by atoms with Crippen molar-refractivity contribution in [3.8, 4) is 0 Å². The van der Waals surface area contributed by atoms with Crippen LogP contribution in [-0.4, -0.2) is 30.3 Å². The number of nitrogen functional groups attached to an aromatic ring is 1. The van der Waals surface area contributed by atoms with Crippen LogP contribution in [0, 0.1) is 0 Å². The summed E-state index contributed by atoms with van der Waals surface area (Å²) in [4.78, 5) is 27.0. The van der Waals surface area contributed by atoms with Crippen molar-refractivity contribution in [2.24, 2.45) is 4.99 Å². The zero-order chi connectivity index (χ0) is 16.4. The van der Waals surface area contributed by atoms with Crippen LogP contribution < -0.4 is 21.7 Å².